The maximum Gasteiger partial charge on any atom is 0.387 e. The molecule has 2 aromatic heterocycles. The molecule has 3 rings (SSSR count). The van der Waals surface area contributed by atoms with Gasteiger partial charge in [-0.3, -0.25) is 5.10 Å². The quantitative estimate of drug-likeness (QED) is 0.774. The molecule has 0 atom stereocenters. The zero-order chi connectivity index (χ0) is 14.8. The summed E-state index contributed by atoms with van der Waals surface area (Å²) in [6, 6.07) is 6.40. The van der Waals surface area contributed by atoms with Crippen LogP contribution in [0.15, 0.2) is 35.8 Å². The summed E-state index contributed by atoms with van der Waals surface area (Å²) >= 11 is 1.40. The average molecular weight is 308 g/mol. The van der Waals surface area contributed by atoms with Gasteiger partial charge in [0.15, 0.2) is 0 Å². The van der Waals surface area contributed by atoms with Crippen LogP contribution in [0.25, 0.3) is 21.8 Å². The second-order valence-corrected chi connectivity index (χ2v) is 5.00. The van der Waals surface area contributed by atoms with Crippen molar-refractivity contribution < 1.29 is 13.5 Å². The van der Waals surface area contributed by atoms with E-state index in [4.69, 9.17) is 5.73 Å². The van der Waals surface area contributed by atoms with Gasteiger partial charge in [0.1, 0.15) is 16.6 Å². The number of anilines is 1. The molecule has 0 spiro atoms. The van der Waals surface area contributed by atoms with Crippen LogP contribution in [0.3, 0.4) is 0 Å². The van der Waals surface area contributed by atoms with Crippen LogP contribution in [0.5, 0.6) is 5.75 Å². The molecule has 0 saturated heterocycles. The summed E-state index contributed by atoms with van der Waals surface area (Å²) in [6.45, 7) is -2.85. The highest BCUT2D eigenvalue weighted by molar-refractivity contribution is 7.13. The van der Waals surface area contributed by atoms with Crippen LogP contribution in [0.4, 0.5) is 14.6 Å². The molecule has 0 bridgehead atoms. The molecule has 1 aromatic carbocycles. The molecule has 8 heteroatoms. The molecule has 3 N–H and O–H groups in total. The minimum atomic E-state index is -2.85. The molecule has 0 fully saturated rings. The second kappa shape index (κ2) is 5.49. The Bertz CT molecular complexity index is 756. The van der Waals surface area contributed by atoms with E-state index in [0.29, 0.717) is 27.6 Å². The van der Waals surface area contributed by atoms with Crippen molar-refractivity contribution in [1.82, 2.24) is 15.2 Å². The first kappa shape index (κ1) is 13.5. The number of nitrogen functional groups attached to an aromatic ring is 1. The number of H-pyrrole nitrogens is 1. The number of ether oxygens (including phenoxy) is 1. The Morgan fingerprint density at radius 1 is 1.33 bits per heavy atom. The monoisotopic (exact) mass is 308 g/mol. The minimum absolute atomic E-state index is 0.0971. The van der Waals surface area contributed by atoms with Crippen LogP contribution in [-0.2, 0) is 0 Å². The van der Waals surface area contributed by atoms with Gasteiger partial charge in [0.2, 0.25) is 0 Å². The van der Waals surface area contributed by atoms with Gasteiger partial charge in [-0.25, -0.2) is 4.98 Å². The Hall–Kier alpha value is -2.48. The molecular formula is C13H10F2N4OS. The van der Waals surface area contributed by atoms with Crippen LogP contribution in [0.2, 0.25) is 0 Å². The first-order valence-electron chi connectivity index (χ1n) is 5.93. The van der Waals surface area contributed by atoms with E-state index in [-0.39, 0.29) is 5.75 Å². The lowest BCUT2D eigenvalue weighted by Gasteiger charge is -2.05. The molecule has 21 heavy (non-hydrogen) atoms. The van der Waals surface area contributed by atoms with E-state index in [2.05, 4.69) is 19.9 Å². The average Bonchev–Trinajstić information content (AvgIpc) is 3.06. The number of thiazole rings is 1. The van der Waals surface area contributed by atoms with Crippen molar-refractivity contribution in [1.29, 1.82) is 0 Å². The normalized spacial score (nSPS) is 11.0. The van der Waals surface area contributed by atoms with Gasteiger partial charge in [-0.2, -0.15) is 13.9 Å². The summed E-state index contributed by atoms with van der Waals surface area (Å²) in [5, 5.41) is 9.01. The number of rotatable bonds is 4. The van der Waals surface area contributed by atoms with Crippen LogP contribution in [0, 0.1) is 0 Å². The molecule has 0 amide bonds. The zero-order valence-electron chi connectivity index (χ0n) is 10.6. The molecule has 0 radical (unpaired) electrons. The lowest BCUT2D eigenvalue weighted by Crippen LogP contribution is -2.01. The van der Waals surface area contributed by atoms with E-state index >= 15 is 0 Å². The molecule has 3 aromatic rings. The Balaban J connectivity index is 1.91. The Kier molecular flexibility index (Phi) is 3.53. The van der Waals surface area contributed by atoms with E-state index in [1.807, 2.05) is 5.38 Å². The van der Waals surface area contributed by atoms with Crippen LogP contribution < -0.4 is 10.5 Å². The number of aromatic amines is 1. The predicted molar refractivity (Wildman–Crippen MR) is 76.2 cm³/mol. The fourth-order valence-corrected chi connectivity index (χ4v) is 2.68. The Morgan fingerprint density at radius 3 is 2.90 bits per heavy atom. The molecule has 0 aliphatic heterocycles. The number of hydrogen-bond donors (Lipinski definition) is 2. The van der Waals surface area contributed by atoms with E-state index in [1.165, 1.54) is 23.5 Å². The van der Waals surface area contributed by atoms with Crippen molar-refractivity contribution >= 4 is 17.2 Å². The topological polar surface area (TPSA) is 76.8 Å². The lowest BCUT2D eigenvalue weighted by molar-refractivity contribution is -0.0498. The molecule has 0 aliphatic rings. The highest BCUT2D eigenvalue weighted by Gasteiger charge is 2.12. The summed E-state index contributed by atoms with van der Waals surface area (Å²) in [5.41, 5.74) is 7.81. The van der Waals surface area contributed by atoms with E-state index in [9.17, 15) is 8.78 Å². The van der Waals surface area contributed by atoms with Gasteiger partial charge in [0, 0.05) is 10.9 Å². The summed E-state index contributed by atoms with van der Waals surface area (Å²) < 4.78 is 28.8. The Labute approximate surface area is 122 Å². The molecule has 5 nitrogen and oxygen atoms in total. The van der Waals surface area contributed by atoms with Gasteiger partial charge in [-0.05, 0) is 12.1 Å². The highest BCUT2D eigenvalue weighted by atomic mass is 32.1. The number of benzene rings is 1. The van der Waals surface area contributed by atoms with Crippen molar-refractivity contribution in [2.24, 2.45) is 0 Å². The van der Waals surface area contributed by atoms with Gasteiger partial charge >= 0.3 is 6.61 Å². The minimum Gasteiger partial charge on any atom is -0.435 e. The fraction of sp³-hybridized carbons (Fsp3) is 0.0769. The van der Waals surface area contributed by atoms with Gasteiger partial charge in [-0.15, -0.1) is 11.3 Å². The highest BCUT2D eigenvalue weighted by Crippen LogP contribution is 2.32. The first-order chi connectivity index (χ1) is 10.1. The van der Waals surface area contributed by atoms with Crippen molar-refractivity contribution in [2.45, 2.75) is 6.61 Å². The van der Waals surface area contributed by atoms with Gasteiger partial charge in [-0.1, -0.05) is 12.1 Å². The number of nitrogens with zero attached hydrogens (tertiary/aromatic N) is 2. The van der Waals surface area contributed by atoms with Crippen molar-refractivity contribution in [3.63, 3.8) is 0 Å². The second-order valence-electron chi connectivity index (χ2n) is 4.14. The SMILES string of the molecule is Nc1[nH]ncc1-c1nc(-c2cccc(OC(F)F)c2)cs1. The Morgan fingerprint density at radius 2 is 2.19 bits per heavy atom. The summed E-state index contributed by atoms with van der Waals surface area (Å²) in [6.07, 6.45) is 1.59. The van der Waals surface area contributed by atoms with Crippen LogP contribution >= 0.6 is 11.3 Å². The molecule has 0 unspecified atom stereocenters. The third-order valence-electron chi connectivity index (χ3n) is 2.76. The predicted octanol–water partition coefficient (Wildman–Crippen LogP) is 3.38. The number of nitrogens with two attached hydrogens (primary N) is 1. The van der Waals surface area contributed by atoms with Gasteiger partial charge < -0.3 is 10.5 Å². The maximum absolute atomic E-state index is 12.2. The lowest BCUT2D eigenvalue weighted by atomic mass is 10.1. The number of aromatic nitrogens is 3. The molecular weight excluding hydrogens is 298 g/mol. The maximum atomic E-state index is 12.2. The van der Waals surface area contributed by atoms with Crippen LogP contribution in [-0.4, -0.2) is 21.8 Å². The molecule has 0 saturated carbocycles. The molecule has 108 valence electrons. The number of alkyl halides is 2. The largest absolute Gasteiger partial charge is 0.435 e. The van der Waals surface area contributed by atoms with E-state index in [1.54, 1.807) is 18.3 Å². The third kappa shape index (κ3) is 2.84. The van der Waals surface area contributed by atoms with Gasteiger partial charge in [0.05, 0.1) is 17.5 Å². The van der Waals surface area contributed by atoms with E-state index < -0.39 is 6.61 Å². The zero-order valence-corrected chi connectivity index (χ0v) is 11.4. The summed E-state index contributed by atoms with van der Waals surface area (Å²) in [4.78, 5) is 4.44. The molecule has 0 aliphatic carbocycles. The standard InChI is InChI=1S/C13H10F2N4OS/c14-13(15)20-8-3-1-2-7(4-8)10-6-21-12(18-10)9-5-17-19-11(9)16/h1-6,13H,(H3,16,17,19). The van der Waals surface area contributed by atoms with Crippen molar-refractivity contribution in [3.05, 3.63) is 35.8 Å². The number of nitrogens with one attached hydrogen (secondary N) is 1. The first-order valence-corrected chi connectivity index (χ1v) is 6.81. The number of halogens is 2. The summed E-state index contributed by atoms with van der Waals surface area (Å²) in [7, 11) is 0. The fourth-order valence-electron chi connectivity index (χ4n) is 1.83. The molecule has 2 heterocycles. The van der Waals surface area contributed by atoms with Crippen molar-refractivity contribution in [2.75, 3.05) is 5.73 Å². The smallest absolute Gasteiger partial charge is 0.387 e. The van der Waals surface area contributed by atoms with Crippen molar-refractivity contribution in [3.8, 4) is 27.6 Å². The van der Waals surface area contributed by atoms with Crippen LogP contribution in [0.1, 0.15) is 0 Å². The van der Waals surface area contributed by atoms with E-state index in [0.717, 1.165) is 0 Å². The summed E-state index contributed by atoms with van der Waals surface area (Å²) in [5.74, 6) is 0.533. The third-order valence-corrected chi connectivity index (χ3v) is 3.63. The van der Waals surface area contributed by atoms with Gasteiger partial charge in [0.25, 0.3) is 0 Å². The number of hydrogen-bond acceptors (Lipinski definition) is 5.